The first kappa shape index (κ1) is 15.8. The molecule has 0 saturated heterocycles. The highest BCUT2D eigenvalue weighted by Gasteiger charge is 2.24. The number of benzene rings is 1. The number of amides is 1. The molecular formula is C16H18BrNO3. The van der Waals surface area contributed by atoms with Crippen molar-refractivity contribution >= 4 is 27.8 Å². The van der Waals surface area contributed by atoms with Gasteiger partial charge in [-0.25, -0.2) is 0 Å². The summed E-state index contributed by atoms with van der Waals surface area (Å²) in [5, 5.41) is 9.05. The van der Waals surface area contributed by atoms with E-state index in [0.717, 1.165) is 40.4 Å². The van der Waals surface area contributed by atoms with Crippen LogP contribution in [0.2, 0.25) is 0 Å². The first-order valence-electron chi connectivity index (χ1n) is 6.91. The summed E-state index contributed by atoms with van der Waals surface area (Å²) in [7, 11) is 0. The second-order valence-corrected chi connectivity index (χ2v) is 6.21. The van der Waals surface area contributed by atoms with Crippen LogP contribution in [0.1, 0.15) is 31.7 Å². The number of carboxylic acids is 1. The Morgan fingerprint density at radius 1 is 1.33 bits per heavy atom. The van der Waals surface area contributed by atoms with E-state index >= 15 is 0 Å². The molecule has 1 aromatic rings. The van der Waals surface area contributed by atoms with Crippen LogP contribution in [0.5, 0.6) is 0 Å². The first-order chi connectivity index (χ1) is 9.97. The molecule has 0 atom stereocenters. The van der Waals surface area contributed by atoms with Gasteiger partial charge < -0.3 is 10.0 Å². The summed E-state index contributed by atoms with van der Waals surface area (Å²) >= 11 is 3.39. The van der Waals surface area contributed by atoms with Crippen LogP contribution in [0.4, 0.5) is 0 Å². The Balaban J connectivity index is 2.20. The minimum absolute atomic E-state index is 0.146. The van der Waals surface area contributed by atoms with Crippen LogP contribution in [-0.2, 0) is 16.1 Å². The first-order valence-corrected chi connectivity index (χ1v) is 7.71. The highest BCUT2D eigenvalue weighted by Crippen LogP contribution is 2.27. The monoisotopic (exact) mass is 351 g/mol. The lowest BCUT2D eigenvalue weighted by atomic mass is 10.1. The molecule has 5 heteroatoms. The van der Waals surface area contributed by atoms with E-state index in [1.165, 1.54) is 4.90 Å². The lowest BCUT2D eigenvalue weighted by Crippen LogP contribution is -2.36. The molecule has 1 amide bonds. The molecule has 0 bridgehead atoms. The molecule has 0 spiro atoms. The maximum Gasteiger partial charge on any atom is 0.323 e. The Kier molecular flexibility index (Phi) is 5.17. The van der Waals surface area contributed by atoms with Crippen molar-refractivity contribution in [1.29, 1.82) is 0 Å². The minimum atomic E-state index is -0.991. The van der Waals surface area contributed by atoms with E-state index in [1.807, 2.05) is 31.2 Å². The van der Waals surface area contributed by atoms with E-state index in [9.17, 15) is 9.59 Å². The van der Waals surface area contributed by atoms with Gasteiger partial charge in [-0.3, -0.25) is 9.59 Å². The fourth-order valence-electron chi connectivity index (χ4n) is 2.59. The average Bonchev–Trinajstić information content (AvgIpc) is 2.83. The highest BCUT2D eigenvalue weighted by molar-refractivity contribution is 9.10. The van der Waals surface area contributed by atoms with Gasteiger partial charge >= 0.3 is 5.97 Å². The third kappa shape index (κ3) is 4.17. The number of aliphatic carboxylic acids is 1. The van der Waals surface area contributed by atoms with Gasteiger partial charge in [-0.15, -0.1) is 0 Å². The normalized spacial score (nSPS) is 14.4. The Morgan fingerprint density at radius 3 is 2.67 bits per heavy atom. The summed E-state index contributed by atoms with van der Waals surface area (Å²) in [6, 6.07) is 7.57. The van der Waals surface area contributed by atoms with Gasteiger partial charge in [0.15, 0.2) is 0 Å². The maximum atomic E-state index is 12.6. The smallest absolute Gasteiger partial charge is 0.323 e. The van der Waals surface area contributed by atoms with Crippen molar-refractivity contribution in [3.8, 4) is 0 Å². The van der Waals surface area contributed by atoms with Gasteiger partial charge in [0.2, 0.25) is 0 Å². The summed E-state index contributed by atoms with van der Waals surface area (Å²) in [4.78, 5) is 25.0. The van der Waals surface area contributed by atoms with Crippen LogP contribution in [0, 0.1) is 0 Å². The SMILES string of the molecule is CC1=C(C(=O)N(CC(=O)O)Cc2cccc(Br)c2)CCC1. The van der Waals surface area contributed by atoms with Gasteiger partial charge in [0.1, 0.15) is 6.54 Å². The van der Waals surface area contributed by atoms with Gasteiger partial charge in [-0.05, 0) is 43.9 Å². The molecule has 0 aliphatic heterocycles. The fourth-order valence-corrected chi connectivity index (χ4v) is 3.04. The van der Waals surface area contributed by atoms with E-state index in [-0.39, 0.29) is 12.5 Å². The van der Waals surface area contributed by atoms with E-state index in [2.05, 4.69) is 15.9 Å². The predicted molar refractivity (Wildman–Crippen MR) is 83.7 cm³/mol. The minimum Gasteiger partial charge on any atom is -0.480 e. The van der Waals surface area contributed by atoms with Crippen molar-refractivity contribution in [2.24, 2.45) is 0 Å². The zero-order valence-corrected chi connectivity index (χ0v) is 13.5. The second kappa shape index (κ2) is 6.89. The zero-order valence-electron chi connectivity index (χ0n) is 11.9. The number of hydrogen-bond donors (Lipinski definition) is 1. The molecule has 2 rings (SSSR count). The van der Waals surface area contributed by atoms with Crippen molar-refractivity contribution in [3.05, 3.63) is 45.4 Å². The van der Waals surface area contributed by atoms with Crippen LogP contribution >= 0.6 is 15.9 Å². The topological polar surface area (TPSA) is 57.6 Å². The molecule has 4 nitrogen and oxygen atoms in total. The molecule has 0 radical (unpaired) electrons. The van der Waals surface area contributed by atoms with Gasteiger partial charge in [0.25, 0.3) is 5.91 Å². The molecule has 0 fully saturated rings. The van der Waals surface area contributed by atoms with Gasteiger partial charge in [-0.1, -0.05) is 33.6 Å². The summed E-state index contributed by atoms with van der Waals surface area (Å²) in [6.45, 7) is 1.99. The predicted octanol–water partition coefficient (Wildman–Crippen LogP) is 3.36. The molecule has 0 aromatic heterocycles. The average molecular weight is 352 g/mol. The molecule has 1 aliphatic rings. The number of carboxylic acid groups (broad SMARTS) is 1. The van der Waals surface area contributed by atoms with Gasteiger partial charge in [0, 0.05) is 16.6 Å². The fraction of sp³-hybridized carbons (Fsp3) is 0.375. The Labute approximate surface area is 132 Å². The van der Waals surface area contributed by atoms with Gasteiger partial charge in [0.05, 0.1) is 0 Å². The number of nitrogens with zero attached hydrogens (tertiary/aromatic N) is 1. The molecule has 1 aromatic carbocycles. The molecule has 0 saturated carbocycles. The number of carbonyl (C=O) groups excluding carboxylic acids is 1. The van der Waals surface area contributed by atoms with Gasteiger partial charge in [-0.2, -0.15) is 0 Å². The summed E-state index contributed by atoms with van der Waals surface area (Å²) in [6.07, 6.45) is 2.66. The number of hydrogen-bond acceptors (Lipinski definition) is 2. The largest absolute Gasteiger partial charge is 0.480 e. The van der Waals surface area contributed by atoms with Crippen molar-refractivity contribution in [2.45, 2.75) is 32.7 Å². The molecule has 0 heterocycles. The van der Waals surface area contributed by atoms with E-state index in [1.54, 1.807) is 0 Å². The van der Waals surface area contributed by atoms with Crippen LogP contribution in [0.25, 0.3) is 0 Å². The third-order valence-corrected chi connectivity index (χ3v) is 4.12. The van der Waals surface area contributed by atoms with E-state index < -0.39 is 5.97 Å². The lowest BCUT2D eigenvalue weighted by Gasteiger charge is -2.22. The standard InChI is InChI=1S/C16H18BrNO3/c1-11-4-2-7-14(11)16(21)18(10-15(19)20)9-12-5-3-6-13(17)8-12/h3,5-6,8H,2,4,7,9-10H2,1H3,(H,19,20). The van der Waals surface area contributed by atoms with Crippen LogP contribution in [-0.4, -0.2) is 28.4 Å². The molecule has 0 unspecified atom stereocenters. The van der Waals surface area contributed by atoms with Crippen molar-refractivity contribution < 1.29 is 14.7 Å². The summed E-state index contributed by atoms with van der Waals surface area (Å²) in [5.41, 5.74) is 2.78. The Bertz CT molecular complexity index is 595. The van der Waals surface area contributed by atoms with E-state index in [4.69, 9.17) is 5.11 Å². The molecular weight excluding hydrogens is 334 g/mol. The van der Waals surface area contributed by atoms with Crippen molar-refractivity contribution in [1.82, 2.24) is 4.90 Å². The molecule has 21 heavy (non-hydrogen) atoms. The zero-order chi connectivity index (χ0) is 15.4. The molecule has 1 aliphatic carbocycles. The summed E-state index contributed by atoms with van der Waals surface area (Å²) < 4.78 is 0.916. The summed E-state index contributed by atoms with van der Waals surface area (Å²) in [5.74, 6) is -1.14. The highest BCUT2D eigenvalue weighted by atomic mass is 79.9. The van der Waals surface area contributed by atoms with Crippen LogP contribution < -0.4 is 0 Å². The number of allylic oxidation sites excluding steroid dienone is 1. The van der Waals surface area contributed by atoms with Crippen LogP contribution in [0.3, 0.4) is 0 Å². The van der Waals surface area contributed by atoms with Crippen molar-refractivity contribution in [3.63, 3.8) is 0 Å². The second-order valence-electron chi connectivity index (χ2n) is 5.30. The van der Waals surface area contributed by atoms with E-state index in [0.29, 0.717) is 6.54 Å². The number of halogens is 1. The Hall–Kier alpha value is -1.62. The number of rotatable bonds is 5. The van der Waals surface area contributed by atoms with Crippen molar-refractivity contribution in [2.75, 3.05) is 6.54 Å². The maximum absolute atomic E-state index is 12.6. The molecule has 1 N–H and O–H groups in total. The number of carbonyl (C=O) groups is 2. The lowest BCUT2D eigenvalue weighted by molar-refractivity contribution is -0.143. The molecule has 112 valence electrons. The third-order valence-electron chi connectivity index (χ3n) is 3.63. The van der Waals surface area contributed by atoms with Crippen LogP contribution in [0.15, 0.2) is 39.9 Å². The quantitative estimate of drug-likeness (QED) is 0.884. The Morgan fingerprint density at radius 2 is 2.10 bits per heavy atom.